The Morgan fingerprint density at radius 3 is 3.19 bits per heavy atom. The van der Waals surface area contributed by atoms with E-state index in [9.17, 15) is 0 Å². The van der Waals surface area contributed by atoms with Gasteiger partial charge in [0, 0.05) is 11.6 Å². The van der Waals surface area contributed by atoms with Crippen LogP contribution >= 0.6 is 0 Å². The third kappa shape index (κ3) is 2.28. The second-order valence-electron chi connectivity index (χ2n) is 3.69. The molecule has 0 radical (unpaired) electrons. The molecule has 0 aliphatic carbocycles. The van der Waals surface area contributed by atoms with Gasteiger partial charge >= 0.3 is 0 Å². The molecule has 0 aromatic heterocycles. The molecular weight excluding hydrogens is 206 g/mol. The number of hydrogen-bond donors (Lipinski definition) is 2. The summed E-state index contributed by atoms with van der Waals surface area (Å²) in [4.78, 5) is 0. The van der Waals surface area contributed by atoms with Gasteiger partial charge < -0.3 is 19.9 Å². The largest absolute Gasteiger partial charge is 0.491 e. The molecule has 0 fully saturated rings. The highest BCUT2D eigenvalue weighted by molar-refractivity contribution is 5.45. The lowest BCUT2D eigenvalue weighted by atomic mass is 10.1. The van der Waals surface area contributed by atoms with Crippen LogP contribution in [-0.4, -0.2) is 31.5 Å². The van der Waals surface area contributed by atoms with Crippen molar-refractivity contribution in [1.82, 2.24) is 5.32 Å². The van der Waals surface area contributed by atoms with E-state index in [0.717, 1.165) is 18.0 Å². The van der Waals surface area contributed by atoms with Crippen molar-refractivity contribution in [3.8, 4) is 11.5 Å². The van der Waals surface area contributed by atoms with Crippen molar-refractivity contribution in [2.45, 2.75) is 13.0 Å². The molecule has 0 spiro atoms. The topological polar surface area (TPSA) is 50.7 Å². The quantitative estimate of drug-likeness (QED) is 0.785. The summed E-state index contributed by atoms with van der Waals surface area (Å²) in [5.41, 5.74) is 1.18. The highest BCUT2D eigenvalue weighted by atomic mass is 16.5. The summed E-state index contributed by atoms with van der Waals surface area (Å²) >= 11 is 0. The van der Waals surface area contributed by atoms with Crippen LogP contribution in [0.5, 0.6) is 11.5 Å². The van der Waals surface area contributed by atoms with Crippen molar-refractivity contribution in [1.29, 1.82) is 0 Å². The fourth-order valence-electron chi connectivity index (χ4n) is 1.86. The van der Waals surface area contributed by atoms with Crippen molar-refractivity contribution < 1.29 is 14.6 Å². The molecule has 1 unspecified atom stereocenters. The molecule has 2 N–H and O–H groups in total. The van der Waals surface area contributed by atoms with Gasteiger partial charge in [-0.15, -0.1) is 0 Å². The smallest absolute Gasteiger partial charge is 0.127 e. The van der Waals surface area contributed by atoms with Crippen LogP contribution in [0.2, 0.25) is 0 Å². The number of benzene rings is 1. The second kappa shape index (κ2) is 5.18. The SMILES string of the molecule is CCNC1COc2cc(OCCO)ccc21. The highest BCUT2D eigenvalue weighted by Crippen LogP contribution is 2.35. The molecule has 1 aliphatic rings. The molecule has 4 heteroatoms. The Hall–Kier alpha value is -1.26. The van der Waals surface area contributed by atoms with Crippen LogP contribution in [0, 0.1) is 0 Å². The minimum absolute atomic E-state index is 0.0258. The van der Waals surface area contributed by atoms with E-state index < -0.39 is 0 Å². The van der Waals surface area contributed by atoms with Gasteiger partial charge in [0.15, 0.2) is 0 Å². The van der Waals surface area contributed by atoms with Crippen LogP contribution in [0.25, 0.3) is 0 Å². The van der Waals surface area contributed by atoms with Crippen molar-refractivity contribution >= 4 is 0 Å². The summed E-state index contributed by atoms with van der Waals surface area (Å²) in [6.07, 6.45) is 0. The average molecular weight is 223 g/mol. The first-order valence-electron chi connectivity index (χ1n) is 5.59. The monoisotopic (exact) mass is 223 g/mol. The minimum Gasteiger partial charge on any atom is -0.491 e. The van der Waals surface area contributed by atoms with Crippen molar-refractivity contribution in [2.75, 3.05) is 26.4 Å². The fraction of sp³-hybridized carbons (Fsp3) is 0.500. The molecule has 2 rings (SSSR count). The summed E-state index contributed by atoms with van der Waals surface area (Å²) < 4.78 is 10.9. The van der Waals surface area contributed by atoms with Crippen molar-refractivity contribution in [3.63, 3.8) is 0 Å². The zero-order valence-corrected chi connectivity index (χ0v) is 9.40. The molecule has 1 aromatic rings. The van der Waals surface area contributed by atoms with Gasteiger partial charge in [-0.2, -0.15) is 0 Å². The molecule has 4 nitrogen and oxygen atoms in total. The third-order valence-corrected chi connectivity index (χ3v) is 2.58. The Balaban J connectivity index is 2.09. The van der Waals surface area contributed by atoms with E-state index in [2.05, 4.69) is 12.2 Å². The first-order chi connectivity index (χ1) is 7.85. The molecular formula is C12H17NO3. The molecule has 0 saturated heterocycles. The maximum absolute atomic E-state index is 8.67. The molecule has 0 saturated carbocycles. The number of hydrogen-bond acceptors (Lipinski definition) is 4. The molecule has 0 bridgehead atoms. The lowest BCUT2D eigenvalue weighted by Gasteiger charge is -2.09. The van der Waals surface area contributed by atoms with Gasteiger partial charge in [-0.3, -0.25) is 0 Å². The number of fused-ring (bicyclic) bond motifs is 1. The predicted molar refractivity (Wildman–Crippen MR) is 60.9 cm³/mol. The van der Waals surface area contributed by atoms with Crippen LogP contribution in [0.15, 0.2) is 18.2 Å². The van der Waals surface area contributed by atoms with Gasteiger partial charge in [-0.1, -0.05) is 6.92 Å². The Labute approximate surface area is 95.2 Å². The Morgan fingerprint density at radius 2 is 2.44 bits per heavy atom. The van der Waals surface area contributed by atoms with Gasteiger partial charge in [-0.05, 0) is 18.7 Å². The summed E-state index contributed by atoms with van der Waals surface area (Å²) in [6, 6.07) is 6.09. The molecule has 1 aromatic carbocycles. The third-order valence-electron chi connectivity index (χ3n) is 2.58. The number of aliphatic hydroxyl groups excluding tert-OH is 1. The average Bonchev–Trinajstić information content (AvgIpc) is 2.70. The highest BCUT2D eigenvalue weighted by Gasteiger charge is 2.23. The van der Waals surface area contributed by atoms with Crippen LogP contribution in [0.4, 0.5) is 0 Å². The molecule has 1 heterocycles. The summed E-state index contributed by atoms with van der Waals surface area (Å²) in [6.45, 7) is 4.02. The van der Waals surface area contributed by atoms with Crippen molar-refractivity contribution in [3.05, 3.63) is 23.8 Å². The molecule has 1 aliphatic heterocycles. The molecule has 16 heavy (non-hydrogen) atoms. The number of aliphatic hydroxyl groups is 1. The van der Waals surface area contributed by atoms with Gasteiger partial charge in [0.1, 0.15) is 24.7 Å². The Morgan fingerprint density at radius 1 is 1.56 bits per heavy atom. The Bertz CT molecular complexity index is 354. The Kier molecular flexibility index (Phi) is 3.64. The van der Waals surface area contributed by atoms with E-state index in [1.54, 1.807) is 0 Å². The zero-order chi connectivity index (χ0) is 11.4. The molecule has 88 valence electrons. The van der Waals surface area contributed by atoms with Crippen molar-refractivity contribution in [2.24, 2.45) is 0 Å². The first-order valence-corrected chi connectivity index (χ1v) is 5.59. The maximum Gasteiger partial charge on any atom is 0.127 e. The standard InChI is InChI=1S/C12H17NO3/c1-2-13-11-8-16-12-7-9(15-6-5-14)3-4-10(11)12/h3-4,7,11,13-14H,2,5-6,8H2,1H3. The van der Waals surface area contributed by atoms with Gasteiger partial charge in [0.25, 0.3) is 0 Å². The summed E-state index contributed by atoms with van der Waals surface area (Å²) in [5, 5.41) is 12.0. The van der Waals surface area contributed by atoms with Crippen LogP contribution in [0.1, 0.15) is 18.5 Å². The lowest BCUT2D eigenvalue weighted by molar-refractivity contribution is 0.201. The van der Waals surface area contributed by atoms with Gasteiger partial charge in [0.05, 0.1) is 12.6 Å². The lowest BCUT2D eigenvalue weighted by Crippen LogP contribution is -2.21. The fourth-order valence-corrected chi connectivity index (χ4v) is 1.86. The number of nitrogens with one attached hydrogen (secondary N) is 1. The number of ether oxygens (including phenoxy) is 2. The summed E-state index contributed by atoms with van der Waals surface area (Å²) in [5.74, 6) is 1.62. The van der Waals surface area contributed by atoms with Crippen LogP contribution in [-0.2, 0) is 0 Å². The summed E-state index contributed by atoms with van der Waals surface area (Å²) in [7, 11) is 0. The normalized spacial score (nSPS) is 18.0. The number of likely N-dealkylation sites (N-methyl/N-ethyl adjacent to an activating group) is 1. The molecule has 1 atom stereocenters. The van der Waals surface area contributed by atoms with E-state index in [0.29, 0.717) is 13.2 Å². The first kappa shape index (κ1) is 11.2. The zero-order valence-electron chi connectivity index (χ0n) is 9.40. The van der Waals surface area contributed by atoms with Gasteiger partial charge in [-0.25, -0.2) is 0 Å². The van der Waals surface area contributed by atoms with E-state index >= 15 is 0 Å². The van der Waals surface area contributed by atoms with E-state index in [-0.39, 0.29) is 12.6 Å². The van der Waals surface area contributed by atoms with Crippen LogP contribution < -0.4 is 14.8 Å². The molecule has 0 amide bonds. The van der Waals surface area contributed by atoms with E-state index in [1.165, 1.54) is 5.56 Å². The van der Waals surface area contributed by atoms with E-state index in [1.807, 2.05) is 18.2 Å². The van der Waals surface area contributed by atoms with Gasteiger partial charge in [0.2, 0.25) is 0 Å². The number of rotatable bonds is 5. The van der Waals surface area contributed by atoms with E-state index in [4.69, 9.17) is 14.6 Å². The maximum atomic E-state index is 8.67. The second-order valence-corrected chi connectivity index (χ2v) is 3.69. The predicted octanol–water partition coefficient (Wildman–Crippen LogP) is 1.10. The van der Waals surface area contributed by atoms with Crippen LogP contribution in [0.3, 0.4) is 0 Å². The minimum atomic E-state index is 0.0258.